The number of carbonyl (C=O) groups excluding carboxylic acids is 1. The molecule has 1 unspecified atom stereocenters. The van der Waals surface area contributed by atoms with E-state index >= 15 is 0 Å². The van der Waals surface area contributed by atoms with Crippen molar-refractivity contribution >= 4 is 5.91 Å². The average molecular weight is 451 g/mol. The number of carbonyl (C=O) groups is 1. The van der Waals surface area contributed by atoms with E-state index in [1.807, 2.05) is 36.4 Å². The standard InChI is InChI=1S/C25H30N4O4/c1-17-7-4-5-8-19(17)14-26-25(30)20-9-6-12-29(15-20)16-23-27-24(28-33-23)18-10-11-21(31-2)22(13-18)32-3/h4-5,7-8,10-11,13,20H,6,9,12,14-16H2,1-3H3,(H,26,30). The lowest BCUT2D eigenvalue weighted by molar-refractivity contribution is -0.127. The molecule has 174 valence electrons. The van der Waals surface area contributed by atoms with Crippen molar-refractivity contribution in [3.8, 4) is 22.9 Å². The van der Waals surface area contributed by atoms with Gasteiger partial charge in [0.25, 0.3) is 0 Å². The van der Waals surface area contributed by atoms with Gasteiger partial charge in [-0.2, -0.15) is 4.98 Å². The number of methoxy groups -OCH3 is 2. The van der Waals surface area contributed by atoms with Crippen LogP contribution >= 0.6 is 0 Å². The zero-order chi connectivity index (χ0) is 23.2. The molecule has 2 aromatic carbocycles. The van der Waals surface area contributed by atoms with Crippen LogP contribution in [0, 0.1) is 12.8 Å². The molecule has 2 heterocycles. The highest BCUT2D eigenvalue weighted by molar-refractivity contribution is 5.79. The molecule has 0 aliphatic carbocycles. The van der Waals surface area contributed by atoms with Gasteiger partial charge in [-0.05, 0) is 55.6 Å². The molecule has 4 rings (SSSR count). The molecule has 1 amide bonds. The zero-order valence-corrected chi connectivity index (χ0v) is 19.3. The van der Waals surface area contributed by atoms with E-state index in [0.29, 0.717) is 42.8 Å². The fourth-order valence-electron chi connectivity index (χ4n) is 4.15. The number of likely N-dealkylation sites (tertiary alicyclic amines) is 1. The number of aromatic nitrogens is 2. The molecule has 0 spiro atoms. The van der Waals surface area contributed by atoms with Crippen LogP contribution in [-0.2, 0) is 17.9 Å². The monoisotopic (exact) mass is 450 g/mol. The van der Waals surface area contributed by atoms with Crippen molar-refractivity contribution in [1.29, 1.82) is 0 Å². The normalized spacial score (nSPS) is 16.4. The topological polar surface area (TPSA) is 89.7 Å². The second-order valence-corrected chi connectivity index (χ2v) is 8.30. The Labute approximate surface area is 193 Å². The number of rotatable bonds is 8. The smallest absolute Gasteiger partial charge is 0.241 e. The lowest BCUT2D eigenvalue weighted by Gasteiger charge is -2.30. The molecule has 33 heavy (non-hydrogen) atoms. The van der Waals surface area contributed by atoms with E-state index in [1.165, 1.54) is 5.56 Å². The van der Waals surface area contributed by atoms with E-state index in [0.717, 1.165) is 30.5 Å². The van der Waals surface area contributed by atoms with E-state index < -0.39 is 0 Å². The first-order valence-electron chi connectivity index (χ1n) is 11.2. The summed E-state index contributed by atoms with van der Waals surface area (Å²) in [6.07, 6.45) is 1.84. The SMILES string of the molecule is COc1ccc(-c2noc(CN3CCCC(C(=O)NCc4ccccc4C)C3)n2)cc1OC. The van der Waals surface area contributed by atoms with E-state index in [9.17, 15) is 4.79 Å². The molecule has 1 aromatic heterocycles. The highest BCUT2D eigenvalue weighted by Crippen LogP contribution is 2.31. The van der Waals surface area contributed by atoms with Crippen LogP contribution in [0.3, 0.4) is 0 Å². The molecule has 1 atom stereocenters. The van der Waals surface area contributed by atoms with Crippen LogP contribution in [0.25, 0.3) is 11.4 Å². The summed E-state index contributed by atoms with van der Waals surface area (Å²) in [7, 11) is 3.19. The molecule has 1 fully saturated rings. The van der Waals surface area contributed by atoms with Gasteiger partial charge in [-0.15, -0.1) is 0 Å². The number of aryl methyl sites for hydroxylation is 1. The molecular weight excluding hydrogens is 420 g/mol. The number of amides is 1. The minimum Gasteiger partial charge on any atom is -0.493 e. The van der Waals surface area contributed by atoms with Gasteiger partial charge >= 0.3 is 0 Å². The van der Waals surface area contributed by atoms with E-state index in [-0.39, 0.29) is 11.8 Å². The quantitative estimate of drug-likeness (QED) is 0.561. The van der Waals surface area contributed by atoms with Crippen molar-refractivity contribution < 1.29 is 18.8 Å². The fraction of sp³-hybridized carbons (Fsp3) is 0.400. The summed E-state index contributed by atoms with van der Waals surface area (Å²) in [6, 6.07) is 13.6. The van der Waals surface area contributed by atoms with Crippen molar-refractivity contribution in [2.45, 2.75) is 32.9 Å². The molecule has 0 bridgehead atoms. The first-order valence-corrected chi connectivity index (χ1v) is 11.2. The van der Waals surface area contributed by atoms with Gasteiger partial charge in [0.2, 0.25) is 17.6 Å². The van der Waals surface area contributed by atoms with Gasteiger partial charge in [-0.1, -0.05) is 29.4 Å². The Hall–Kier alpha value is -3.39. The Kier molecular flexibility index (Phi) is 7.24. The molecule has 8 heteroatoms. The maximum atomic E-state index is 12.8. The largest absolute Gasteiger partial charge is 0.493 e. The highest BCUT2D eigenvalue weighted by Gasteiger charge is 2.27. The van der Waals surface area contributed by atoms with Crippen LogP contribution in [0.4, 0.5) is 0 Å². The van der Waals surface area contributed by atoms with Gasteiger partial charge in [0.05, 0.1) is 26.7 Å². The van der Waals surface area contributed by atoms with E-state index in [2.05, 4.69) is 33.3 Å². The summed E-state index contributed by atoms with van der Waals surface area (Å²) >= 11 is 0. The predicted molar refractivity (Wildman–Crippen MR) is 124 cm³/mol. The number of ether oxygens (including phenoxy) is 2. The minimum absolute atomic E-state index is 0.0454. The van der Waals surface area contributed by atoms with Crippen molar-refractivity contribution in [2.75, 3.05) is 27.3 Å². The molecule has 1 N–H and O–H groups in total. The molecular formula is C25H30N4O4. The van der Waals surface area contributed by atoms with Crippen LogP contribution in [0.2, 0.25) is 0 Å². The van der Waals surface area contributed by atoms with E-state index in [4.69, 9.17) is 14.0 Å². The number of hydrogen-bond donors (Lipinski definition) is 1. The lowest BCUT2D eigenvalue weighted by Crippen LogP contribution is -2.42. The molecule has 1 saturated heterocycles. The Bertz CT molecular complexity index is 1100. The van der Waals surface area contributed by atoms with Crippen LogP contribution in [-0.4, -0.2) is 48.3 Å². The Balaban J connectivity index is 1.35. The zero-order valence-electron chi connectivity index (χ0n) is 19.3. The molecule has 3 aromatic rings. The summed E-state index contributed by atoms with van der Waals surface area (Å²) in [4.78, 5) is 19.5. The number of nitrogens with zero attached hydrogens (tertiary/aromatic N) is 3. The first-order chi connectivity index (χ1) is 16.1. The van der Waals surface area contributed by atoms with E-state index in [1.54, 1.807) is 14.2 Å². The van der Waals surface area contributed by atoms with Crippen LogP contribution in [0.15, 0.2) is 47.0 Å². The van der Waals surface area contributed by atoms with Crippen LogP contribution in [0.1, 0.15) is 29.9 Å². The van der Waals surface area contributed by atoms with Crippen molar-refractivity contribution in [3.05, 3.63) is 59.5 Å². The Morgan fingerprint density at radius 1 is 1.18 bits per heavy atom. The highest BCUT2D eigenvalue weighted by atomic mass is 16.5. The maximum Gasteiger partial charge on any atom is 0.241 e. The van der Waals surface area contributed by atoms with Crippen LogP contribution in [0.5, 0.6) is 11.5 Å². The minimum atomic E-state index is -0.0454. The van der Waals surface area contributed by atoms with Crippen molar-refractivity contribution in [3.63, 3.8) is 0 Å². The van der Waals surface area contributed by atoms with Crippen molar-refractivity contribution in [1.82, 2.24) is 20.4 Å². The summed E-state index contributed by atoms with van der Waals surface area (Å²) in [5.41, 5.74) is 3.12. The average Bonchev–Trinajstić information content (AvgIpc) is 3.31. The summed E-state index contributed by atoms with van der Waals surface area (Å²) in [6.45, 7) is 4.70. The molecule has 0 saturated carbocycles. The summed E-state index contributed by atoms with van der Waals surface area (Å²) in [5, 5.41) is 7.22. The van der Waals surface area contributed by atoms with Gasteiger partial charge in [0.1, 0.15) is 0 Å². The summed E-state index contributed by atoms with van der Waals surface area (Å²) in [5.74, 6) is 2.33. The number of nitrogens with one attached hydrogen (secondary N) is 1. The third kappa shape index (κ3) is 5.51. The fourth-order valence-corrected chi connectivity index (χ4v) is 4.15. The third-order valence-corrected chi connectivity index (χ3v) is 6.06. The number of hydrogen-bond acceptors (Lipinski definition) is 7. The number of piperidine rings is 1. The molecule has 0 radical (unpaired) electrons. The molecule has 1 aliphatic heterocycles. The second kappa shape index (κ2) is 10.5. The van der Waals surface area contributed by atoms with Gasteiger partial charge in [0, 0.05) is 18.7 Å². The third-order valence-electron chi connectivity index (χ3n) is 6.06. The first kappa shape index (κ1) is 22.8. The predicted octanol–water partition coefficient (Wildman–Crippen LogP) is 3.59. The Morgan fingerprint density at radius 2 is 2.00 bits per heavy atom. The lowest BCUT2D eigenvalue weighted by atomic mass is 9.97. The maximum absolute atomic E-state index is 12.8. The van der Waals surface area contributed by atoms with Crippen LogP contribution < -0.4 is 14.8 Å². The summed E-state index contributed by atoms with van der Waals surface area (Å²) < 4.78 is 16.1. The van der Waals surface area contributed by atoms with Crippen molar-refractivity contribution in [2.24, 2.45) is 5.92 Å². The number of benzene rings is 2. The molecule has 8 nitrogen and oxygen atoms in total. The Morgan fingerprint density at radius 3 is 2.79 bits per heavy atom. The van der Waals surface area contributed by atoms with Gasteiger partial charge in [-0.25, -0.2) is 0 Å². The molecule has 1 aliphatic rings. The van der Waals surface area contributed by atoms with Gasteiger partial charge < -0.3 is 19.3 Å². The van der Waals surface area contributed by atoms with Gasteiger partial charge in [0.15, 0.2) is 11.5 Å². The van der Waals surface area contributed by atoms with Gasteiger partial charge in [-0.3, -0.25) is 9.69 Å². The second-order valence-electron chi connectivity index (χ2n) is 8.30.